The van der Waals surface area contributed by atoms with Crippen molar-refractivity contribution in [1.29, 1.82) is 0 Å². The first-order chi connectivity index (χ1) is 10.9. The summed E-state index contributed by atoms with van der Waals surface area (Å²) in [6.45, 7) is 7.31. The fraction of sp³-hybridized carbons (Fsp3) is 0.294. The maximum absolute atomic E-state index is 12.5. The summed E-state index contributed by atoms with van der Waals surface area (Å²) in [7, 11) is 0. The molecule has 0 fully saturated rings. The highest BCUT2D eigenvalue weighted by molar-refractivity contribution is 6.31. The molecule has 0 aliphatic rings. The molecule has 1 aromatic carbocycles. The summed E-state index contributed by atoms with van der Waals surface area (Å²) in [5.41, 5.74) is 3.33. The molecule has 0 aliphatic carbocycles. The van der Waals surface area contributed by atoms with Gasteiger partial charge < -0.3 is 15.0 Å². The van der Waals surface area contributed by atoms with Crippen LogP contribution in [0.5, 0.6) is 0 Å². The molecule has 122 valence electrons. The number of nitrogens with one attached hydrogen (secondary N) is 2. The summed E-state index contributed by atoms with van der Waals surface area (Å²) in [6.07, 6.45) is 0. The number of hydrogen-bond acceptors (Lipinski definition) is 3. The first kappa shape index (κ1) is 17.1. The van der Waals surface area contributed by atoms with Crippen LogP contribution < -0.4 is 5.32 Å². The first-order valence-electron chi connectivity index (χ1n) is 7.29. The Hall–Kier alpha value is -2.27. The van der Waals surface area contributed by atoms with Gasteiger partial charge in [0.25, 0.3) is 5.91 Å². The lowest BCUT2D eigenvalue weighted by atomic mass is 10.1. The van der Waals surface area contributed by atoms with E-state index in [0.717, 1.165) is 5.56 Å². The van der Waals surface area contributed by atoms with Gasteiger partial charge in [0.05, 0.1) is 12.2 Å². The predicted octanol–water partition coefficient (Wildman–Crippen LogP) is 4.02. The summed E-state index contributed by atoms with van der Waals surface area (Å²) in [6, 6.07) is 5.30. The van der Waals surface area contributed by atoms with Gasteiger partial charge in [-0.15, -0.1) is 0 Å². The summed E-state index contributed by atoms with van der Waals surface area (Å²) >= 11 is 6.06. The van der Waals surface area contributed by atoms with Gasteiger partial charge in [0, 0.05) is 16.4 Å². The van der Waals surface area contributed by atoms with Crippen LogP contribution in [-0.2, 0) is 4.74 Å². The number of anilines is 1. The Morgan fingerprint density at radius 2 is 1.91 bits per heavy atom. The van der Waals surface area contributed by atoms with E-state index in [1.807, 2.05) is 6.92 Å². The van der Waals surface area contributed by atoms with Crippen LogP contribution in [0.4, 0.5) is 5.69 Å². The van der Waals surface area contributed by atoms with E-state index >= 15 is 0 Å². The van der Waals surface area contributed by atoms with Crippen molar-refractivity contribution < 1.29 is 14.3 Å². The van der Waals surface area contributed by atoms with E-state index in [2.05, 4.69) is 10.3 Å². The minimum Gasteiger partial charge on any atom is -0.462 e. The van der Waals surface area contributed by atoms with Crippen LogP contribution in [0.15, 0.2) is 18.2 Å². The highest BCUT2D eigenvalue weighted by Crippen LogP contribution is 2.25. The lowest BCUT2D eigenvalue weighted by Crippen LogP contribution is -2.15. The summed E-state index contributed by atoms with van der Waals surface area (Å²) < 4.78 is 5.03. The zero-order valence-electron chi connectivity index (χ0n) is 13.5. The van der Waals surface area contributed by atoms with E-state index in [1.54, 1.807) is 39.0 Å². The SMILES string of the molecule is CCOC(=O)c1c(C)[nH]c(C(=O)Nc2cccc(Cl)c2C)c1C. The second kappa shape index (κ2) is 6.87. The fourth-order valence-corrected chi connectivity index (χ4v) is 2.59. The van der Waals surface area contributed by atoms with Crippen LogP contribution in [-0.4, -0.2) is 23.5 Å². The number of benzene rings is 1. The molecule has 0 radical (unpaired) electrons. The molecule has 2 rings (SSSR count). The summed E-state index contributed by atoms with van der Waals surface area (Å²) in [5, 5.41) is 3.39. The van der Waals surface area contributed by atoms with E-state index in [9.17, 15) is 9.59 Å². The average Bonchev–Trinajstić information content (AvgIpc) is 2.79. The van der Waals surface area contributed by atoms with Gasteiger partial charge in [0.15, 0.2) is 0 Å². The molecule has 23 heavy (non-hydrogen) atoms. The van der Waals surface area contributed by atoms with Crippen LogP contribution in [0.3, 0.4) is 0 Å². The van der Waals surface area contributed by atoms with Crippen molar-refractivity contribution in [3.05, 3.63) is 51.3 Å². The van der Waals surface area contributed by atoms with E-state index in [-0.39, 0.29) is 12.5 Å². The molecule has 5 nitrogen and oxygen atoms in total. The van der Waals surface area contributed by atoms with Crippen molar-refractivity contribution in [2.24, 2.45) is 0 Å². The number of aromatic nitrogens is 1. The molecule has 6 heteroatoms. The minimum absolute atomic E-state index is 0.284. The molecule has 0 saturated carbocycles. The van der Waals surface area contributed by atoms with Crippen molar-refractivity contribution in [3.8, 4) is 0 Å². The van der Waals surface area contributed by atoms with Gasteiger partial charge in [-0.2, -0.15) is 0 Å². The molecule has 2 N–H and O–H groups in total. The molecule has 1 amide bonds. The number of aryl methyl sites for hydroxylation is 1. The number of esters is 1. The number of ether oxygens (including phenoxy) is 1. The Balaban J connectivity index is 2.32. The van der Waals surface area contributed by atoms with E-state index < -0.39 is 5.97 Å². The third-order valence-electron chi connectivity index (χ3n) is 3.66. The molecule has 2 aromatic rings. The number of halogens is 1. The third kappa shape index (κ3) is 3.40. The smallest absolute Gasteiger partial charge is 0.340 e. The summed E-state index contributed by atoms with van der Waals surface area (Å²) in [5.74, 6) is -0.761. The molecule has 0 bridgehead atoms. The predicted molar refractivity (Wildman–Crippen MR) is 90.4 cm³/mol. The molecule has 0 spiro atoms. The quantitative estimate of drug-likeness (QED) is 0.829. The largest absolute Gasteiger partial charge is 0.462 e. The normalized spacial score (nSPS) is 10.5. The van der Waals surface area contributed by atoms with Gasteiger partial charge in [-0.25, -0.2) is 4.79 Å². The van der Waals surface area contributed by atoms with Gasteiger partial charge >= 0.3 is 5.97 Å². The third-order valence-corrected chi connectivity index (χ3v) is 4.07. The number of carbonyl (C=O) groups excluding carboxylic acids is 2. The zero-order chi connectivity index (χ0) is 17.1. The molecule has 1 heterocycles. The Labute approximate surface area is 140 Å². The monoisotopic (exact) mass is 334 g/mol. The standard InChI is InChI=1S/C17H19ClN2O3/c1-5-23-17(22)14-10(3)15(19-11(14)4)16(21)20-13-8-6-7-12(18)9(13)2/h6-8,19H,5H2,1-4H3,(H,20,21). The van der Waals surface area contributed by atoms with Crippen LogP contribution in [0, 0.1) is 20.8 Å². The van der Waals surface area contributed by atoms with E-state index in [1.165, 1.54) is 0 Å². The second-order valence-electron chi connectivity index (χ2n) is 5.21. The number of carbonyl (C=O) groups is 2. The average molecular weight is 335 g/mol. The van der Waals surface area contributed by atoms with Crippen molar-refractivity contribution in [3.63, 3.8) is 0 Å². The molecule has 1 aromatic heterocycles. The Kier molecular flexibility index (Phi) is 5.11. The first-order valence-corrected chi connectivity index (χ1v) is 7.67. The highest BCUT2D eigenvalue weighted by Gasteiger charge is 2.23. The molecule has 0 unspecified atom stereocenters. The van der Waals surface area contributed by atoms with Crippen molar-refractivity contribution in [2.45, 2.75) is 27.7 Å². The number of hydrogen-bond donors (Lipinski definition) is 2. The lowest BCUT2D eigenvalue weighted by Gasteiger charge is -2.09. The van der Waals surface area contributed by atoms with Crippen LogP contribution in [0.25, 0.3) is 0 Å². The molecular formula is C17H19ClN2O3. The molecule has 0 aliphatic heterocycles. The fourth-order valence-electron chi connectivity index (χ4n) is 2.41. The molecular weight excluding hydrogens is 316 g/mol. The van der Waals surface area contributed by atoms with Crippen LogP contribution in [0.2, 0.25) is 5.02 Å². The lowest BCUT2D eigenvalue weighted by molar-refractivity contribution is 0.0525. The van der Waals surface area contributed by atoms with Crippen molar-refractivity contribution in [2.75, 3.05) is 11.9 Å². The number of rotatable bonds is 4. The maximum Gasteiger partial charge on any atom is 0.340 e. The minimum atomic E-state index is -0.434. The highest BCUT2D eigenvalue weighted by atomic mass is 35.5. The van der Waals surface area contributed by atoms with Crippen LogP contribution in [0.1, 0.15) is 44.6 Å². The van der Waals surface area contributed by atoms with Gasteiger partial charge in [0.2, 0.25) is 0 Å². The molecule has 0 atom stereocenters. The number of aromatic amines is 1. The molecule has 0 saturated heterocycles. The number of H-pyrrole nitrogens is 1. The second-order valence-corrected chi connectivity index (χ2v) is 5.62. The topological polar surface area (TPSA) is 71.2 Å². The Bertz CT molecular complexity index is 765. The van der Waals surface area contributed by atoms with E-state index in [4.69, 9.17) is 16.3 Å². The van der Waals surface area contributed by atoms with Gasteiger partial charge in [-0.3, -0.25) is 4.79 Å². The van der Waals surface area contributed by atoms with Crippen molar-refractivity contribution in [1.82, 2.24) is 4.98 Å². The van der Waals surface area contributed by atoms with Gasteiger partial charge in [-0.05, 0) is 51.0 Å². The Morgan fingerprint density at radius 3 is 2.57 bits per heavy atom. The van der Waals surface area contributed by atoms with Gasteiger partial charge in [0.1, 0.15) is 5.69 Å². The van der Waals surface area contributed by atoms with Crippen molar-refractivity contribution >= 4 is 29.2 Å². The number of amides is 1. The van der Waals surface area contributed by atoms with Gasteiger partial charge in [-0.1, -0.05) is 17.7 Å². The maximum atomic E-state index is 12.5. The van der Waals surface area contributed by atoms with E-state index in [0.29, 0.717) is 33.2 Å². The van der Waals surface area contributed by atoms with Crippen LogP contribution >= 0.6 is 11.6 Å². The zero-order valence-corrected chi connectivity index (χ0v) is 14.3. The Morgan fingerprint density at radius 1 is 1.22 bits per heavy atom. The summed E-state index contributed by atoms with van der Waals surface area (Å²) in [4.78, 5) is 27.5.